The summed E-state index contributed by atoms with van der Waals surface area (Å²) in [6.45, 7) is 2.25. The molecule has 4 heteroatoms. The van der Waals surface area contributed by atoms with Crippen LogP contribution in [-0.2, 0) is 4.74 Å². The Balaban J connectivity index is 3.70. The molecule has 0 unspecified atom stereocenters. The van der Waals surface area contributed by atoms with Crippen LogP contribution in [0.2, 0.25) is 0 Å². The summed E-state index contributed by atoms with van der Waals surface area (Å²) in [5, 5.41) is 0. The monoisotopic (exact) mass is 188 g/mol. The molecule has 0 radical (unpaired) electrons. The molecule has 0 amide bonds. The lowest BCUT2D eigenvalue weighted by Gasteiger charge is -2.12. The molecular weight excluding hydrogens is 182 g/mol. The number of hydrogen-bond acceptors (Lipinski definition) is 1. The van der Waals surface area contributed by atoms with Gasteiger partial charge in [0.15, 0.2) is 0 Å². The summed E-state index contributed by atoms with van der Waals surface area (Å²) in [5.74, 6) is 0. The van der Waals surface area contributed by atoms with E-state index in [1.807, 2.05) is 0 Å². The van der Waals surface area contributed by atoms with E-state index in [2.05, 4.69) is 0 Å². The van der Waals surface area contributed by atoms with E-state index in [9.17, 15) is 0 Å². The average molecular weight is 189 g/mol. The highest BCUT2D eigenvalue weighted by Gasteiger charge is 2.18. The van der Waals surface area contributed by atoms with Crippen LogP contribution in [0.15, 0.2) is 11.6 Å². The van der Waals surface area contributed by atoms with Crippen molar-refractivity contribution in [3.63, 3.8) is 0 Å². The number of alkyl halides is 2. The van der Waals surface area contributed by atoms with Gasteiger partial charge in [0.05, 0.1) is 0 Å². The number of halogens is 3. The van der Waals surface area contributed by atoms with Crippen molar-refractivity contribution in [1.82, 2.24) is 0 Å². The van der Waals surface area contributed by atoms with Gasteiger partial charge in [-0.15, -0.1) is 0 Å². The summed E-state index contributed by atoms with van der Waals surface area (Å²) < 4.78 is 3.56. The Labute approximate surface area is 69.5 Å². The minimum absolute atomic E-state index is 0.453. The molecule has 0 rings (SSSR count). The molecule has 0 aromatic heterocycles. The predicted molar refractivity (Wildman–Crippen MR) is 41.1 cm³/mol. The molecule has 0 aromatic carbocycles. The van der Waals surface area contributed by atoms with Crippen LogP contribution in [0.1, 0.15) is 6.92 Å². The van der Waals surface area contributed by atoms with Gasteiger partial charge in [-0.25, -0.2) is 0 Å². The van der Waals surface area contributed by atoms with E-state index in [0.717, 1.165) is 0 Å². The van der Waals surface area contributed by atoms with E-state index >= 15 is 0 Å². The smallest absolute Gasteiger partial charge is 0.238 e. The zero-order chi connectivity index (χ0) is 7.33. The molecule has 0 fully saturated rings. The zero-order valence-corrected chi connectivity index (χ0v) is 7.17. The van der Waals surface area contributed by atoms with Gasteiger partial charge in [0.1, 0.15) is 0 Å². The molecule has 0 N–H and O–H groups in total. The fraction of sp³-hybridized carbons (Fsp3) is 0.600. The molecule has 0 aliphatic rings. The number of rotatable bonds is 3. The molecule has 0 aliphatic carbocycles. The first-order valence-corrected chi connectivity index (χ1v) is 3.61. The van der Waals surface area contributed by atoms with Crippen molar-refractivity contribution in [3.8, 4) is 0 Å². The van der Waals surface area contributed by atoms with E-state index in [-0.39, 0.29) is 0 Å². The molecule has 0 saturated heterocycles. The first kappa shape index (κ1) is 9.57. The quantitative estimate of drug-likeness (QED) is 0.620. The van der Waals surface area contributed by atoms with Crippen molar-refractivity contribution in [2.24, 2.45) is 0 Å². The fourth-order valence-corrected chi connectivity index (χ4v) is 0.964. The molecule has 0 saturated carbocycles. The second kappa shape index (κ2) is 4.40. The van der Waals surface area contributed by atoms with Crippen molar-refractivity contribution in [2.75, 3.05) is 6.61 Å². The van der Waals surface area contributed by atoms with E-state index in [1.54, 1.807) is 6.92 Å². The normalized spacial score (nSPS) is 12.9. The predicted octanol–water partition coefficient (Wildman–Crippen LogP) is 2.91. The van der Waals surface area contributed by atoms with E-state index in [0.29, 0.717) is 6.61 Å². The van der Waals surface area contributed by atoms with Crippen LogP contribution in [0.5, 0.6) is 0 Å². The number of hydrogen-bond donors (Lipinski definition) is 0. The minimum Gasteiger partial charge on any atom is -0.344 e. The summed E-state index contributed by atoms with van der Waals surface area (Å²) in [6, 6.07) is 0. The highest BCUT2D eigenvalue weighted by molar-refractivity contribution is 6.49. The lowest BCUT2D eigenvalue weighted by atomic mass is 10.6. The molecule has 0 aliphatic heterocycles. The lowest BCUT2D eigenvalue weighted by Crippen LogP contribution is -2.13. The summed E-state index contributed by atoms with van der Waals surface area (Å²) in [4.78, 5) is 0. The Kier molecular flexibility index (Phi) is 4.67. The fourth-order valence-electron chi connectivity index (χ4n) is 0.314. The van der Waals surface area contributed by atoms with Gasteiger partial charge in [-0.1, -0.05) is 34.8 Å². The topological polar surface area (TPSA) is 9.23 Å². The third-order valence-corrected chi connectivity index (χ3v) is 1.19. The van der Waals surface area contributed by atoms with Gasteiger partial charge in [-0.2, -0.15) is 0 Å². The summed E-state index contributed by atoms with van der Waals surface area (Å²) >= 11 is 16.2. The molecule has 0 spiro atoms. The zero-order valence-electron chi connectivity index (χ0n) is 4.90. The second-order valence-corrected chi connectivity index (χ2v) is 2.86. The SMILES string of the molecule is CCOC(Cl)(Cl)/C=C/Cl. The van der Waals surface area contributed by atoms with Crippen LogP contribution in [0.25, 0.3) is 0 Å². The average Bonchev–Trinajstić information content (AvgIpc) is 1.64. The Morgan fingerprint density at radius 1 is 1.56 bits per heavy atom. The highest BCUT2D eigenvalue weighted by atomic mass is 35.5. The highest BCUT2D eigenvalue weighted by Crippen LogP contribution is 2.23. The third-order valence-electron chi connectivity index (χ3n) is 0.594. The minimum atomic E-state index is -1.27. The molecule has 9 heavy (non-hydrogen) atoms. The van der Waals surface area contributed by atoms with Crippen molar-refractivity contribution in [2.45, 2.75) is 11.4 Å². The Hall–Kier alpha value is 0.570. The first-order chi connectivity index (χ1) is 4.12. The van der Waals surface area contributed by atoms with Crippen LogP contribution < -0.4 is 0 Å². The molecule has 54 valence electrons. The molecule has 1 nitrogen and oxygen atoms in total. The van der Waals surface area contributed by atoms with Crippen LogP contribution in [0.4, 0.5) is 0 Å². The Morgan fingerprint density at radius 2 is 2.11 bits per heavy atom. The first-order valence-electron chi connectivity index (χ1n) is 2.42. The Morgan fingerprint density at radius 3 is 2.44 bits per heavy atom. The van der Waals surface area contributed by atoms with Gasteiger partial charge >= 0.3 is 0 Å². The van der Waals surface area contributed by atoms with Gasteiger partial charge in [-0.05, 0) is 13.0 Å². The number of ether oxygens (including phenoxy) is 1. The lowest BCUT2D eigenvalue weighted by molar-refractivity contribution is 0.122. The van der Waals surface area contributed by atoms with Crippen LogP contribution in [0, 0.1) is 0 Å². The second-order valence-electron chi connectivity index (χ2n) is 1.29. The van der Waals surface area contributed by atoms with Gasteiger partial charge in [0.25, 0.3) is 0 Å². The van der Waals surface area contributed by atoms with Crippen LogP contribution in [0.3, 0.4) is 0 Å². The van der Waals surface area contributed by atoms with Gasteiger partial charge < -0.3 is 4.74 Å². The van der Waals surface area contributed by atoms with Crippen LogP contribution in [-0.4, -0.2) is 11.1 Å². The molecule has 0 atom stereocenters. The summed E-state index contributed by atoms with van der Waals surface area (Å²) in [6.07, 6.45) is 1.35. The van der Waals surface area contributed by atoms with Crippen LogP contribution >= 0.6 is 34.8 Å². The van der Waals surface area contributed by atoms with E-state index < -0.39 is 4.52 Å². The van der Waals surface area contributed by atoms with Crippen molar-refractivity contribution in [1.29, 1.82) is 0 Å². The van der Waals surface area contributed by atoms with Crippen molar-refractivity contribution < 1.29 is 4.74 Å². The maximum absolute atomic E-state index is 5.51. The van der Waals surface area contributed by atoms with Gasteiger partial charge in [0, 0.05) is 12.1 Å². The molecule has 0 bridgehead atoms. The van der Waals surface area contributed by atoms with Gasteiger partial charge in [0.2, 0.25) is 4.52 Å². The maximum Gasteiger partial charge on any atom is 0.238 e. The molecular formula is C5H7Cl3O. The summed E-state index contributed by atoms with van der Waals surface area (Å²) in [7, 11) is 0. The van der Waals surface area contributed by atoms with E-state index in [1.165, 1.54) is 11.6 Å². The molecule has 0 heterocycles. The van der Waals surface area contributed by atoms with E-state index in [4.69, 9.17) is 39.5 Å². The summed E-state index contributed by atoms with van der Waals surface area (Å²) in [5.41, 5.74) is 1.22. The maximum atomic E-state index is 5.51. The van der Waals surface area contributed by atoms with Gasteiger partial charge in [-0.3, -0.25) is 0 Å². The Bertz CT molecular complexity index is 100. The van der Waals surface area contributed by atoms with Crippen molar-refractivity contribution >= 4 is 34.8 Å². The standard InChI is InChI=1S/C5H7Cl3O/c1-2-9-5(7,8)3-4-6/h3-4H,2H2,1H3/b4-3+. The van der Waals surface area contributed by atoms with Crippen molar-refractivity contribution in [3.05, 3.63) is 11.6 Å². The molecule has 0 aromatic rings. The largest absolute Gasteiger partial charge is 0.344 e. The third kappa shape index (κ3) is 5.04.